The van der Waals surface area contributed by atoms with Crippen LogP contribution in [0.2, 0.25) is 0 Å². The molecule has 0 unspecified atom stereocenters. The van der Waals surface area contributed by atoms with Gasteiger partial charge < -0.3 is 18.9 Å². The number of rotatable bonds is 6. The number of ether oxygens (including phenoxy) is 4. The Hall–Kier alpha value is -0.910. The van der Waals surface area contributed by atoms with E-state index in [2.05, 4.69) is 0 Å². The van der Waals surface area contributed by atoms with Gasteiger partial charge in [0.25, 0.3) is 0 Å². The molecule has 0 aromatic heterocycles. The summed E-state index contributed by atoms with van der Waals surface area (Å²) in [5.41, 5.74) is 0.459. The van der Waals surface area contributed by atoms with Gasteiger partial charge in [0.2, 0.25) is 0 Å². The van der Waals surface area contributed by atoms with E-state index in [1.807, 2.05) is 6.92 Å². The van der Waals surface area contributed by atoms with Crippen LogP contribution in [0.3, 0.4) is 0 Å². The average molecular weight is 230 g/mol. The van der Waals surface area contributed by atoms with Crippen molar-refractivity contribution in [2.75, 3.05) is 27.4 Å². The highest BCUT2D eigenvalue weighted by molar-refractivity contribution is 5.74. The Balaban J connectivity index is 2.82. The number of hydrogen-bond donors (Lipinski definition) is 0. The van der Waals surface area contributed by atoms with Gasteiger partial charge in [-0.25, -0.2) is 0 Å². The predicted molar refractivity (Wildman–Crippen MR) is 57.1 cm³/mol. The monoisotopic (exact) mass is 230 g/mol. The van der Waals surface area contributed by atoms with Crippen LogP contribution in [0.15, 0.2) is 11.8 Å². The van der Waals surface area contributed by atoms with E-state index in [0.717, 1.165) is 6.29 Å². The molecule has 3 atom stereocenters. The molecule has 5 heteroatoms. The van der Waals surface area contributed by atoms with E-state index in [-0.39, 0.29) is 18.3 Å². The van der Waals surface area contributed by atoms with Crippen molar-refractivity contribution in [1.29, 1.82) is 0 Å². The van der Waals surface area contributed by atoms with Crippen LogP contribution < -0.4 is 0 Å². The standard InChI is InChI=1S/C11H18O5/c1-4-15-10-8(5-12)6-16-9(7-13-2)11(10)14-3/h5-6,9-11H,4,7H2,1-3H3/t9-,10+,11+/m1/s1. The van der Waals surface area contributed by atoms with Gasteiger partial charge in [0, 0.05) is 20.8 Å². The normalized spacial score (nSPS) is 29.4. The van der Waals surface area contributed by atoms with Crippen LogP contribution in [0.1, 0.15) is 6.92 Å². The fraction of sp³-hybridized carbons (Fsp3) is 0.727. The average Bonchev–Trinajstić information content (AvgIpc) is 2.30. The second-order valence-electron chi connectivity index (χ2n) is 3.44. The minimum absolute atomic E-state index is 0.254. The second kappa shape index (κ2) is 6.62. The summed E-state index contributed by atoms with van der Waals surface area (Å²) in [7, 11) is 3.15. The summed E-state index contributed by atoms with van der Waals surface area (Å²) in [5, 5.41) is 0. The number of hydrogen-bond acceptors (Lipinski definition) is 5. The van der Waals surface area contributed by atoms with Crippen molar-refractivity contribution in [3.63, 3.8) is 0 Å². The molecule has 1 aliphatic rings. The molecule has 0 saturated heterocycles. The first kappa shape index (κ1) is 13.2. The highest BCUT2D eigenvalue weighted by atomic mass is 16.6. The fourth-order valence-electron chi connectivity index (χ4n) is 1.73. The fourth-order valence-corrected chi connectivity index (χ4v) is 1.73. The van der Waals surface area contributed by atoms with E-state index in [0.29, 0.717) is 18.8 Å². The lowest BCUT2D eigenvalue weighted by Crippen LogP contribution is -2.47. The van der Waals surface area contributed by atoms with Gasteiger partial charge in [0.1, 0.15) is 18.3 Å². The van der Waals surface area contributed by atoms with Gasteiger partial charge in [-0.1, -0.05) is 0 Å². The molecule has 16 heavy (non-hydrogen) atoms. The first-order valence-corrected chi connectivity index (χ1v) is 5.22. The molecular formula is C11H18O5. The first-order valence-electron chi connectivity index (χ1n) is 5.22. The Morgan fingerprint density at radius 3 is 2.75 bits per heavy atom. The summed E-state index contributed by atoms with van der Waals surface area (Å²) in [6.07, 6.45) is 1.18. The van der Waals surface area contributed by atoms with Crippen molar-refractivity contribution in [2.24, 2.45) is 0 Å². The molecule has 0 radical (unpaired) electrons. The molecule has 1 heterocycles. The van der Waals surface area contributed by atoms with Crippen LogP contribution in [0.4, 0.5) is 0 Å². The largest absolute Gasteiger partial charge is 0.492 e. The van der Waals surface area contributed by atoms with Crippen LogP contribution in [0.25, 0.3) is 0 Å². The third kappa shape index (κ3) is 2.81. The molecule has 0 aromatic carbocycles. The molecule has 0 aromatic rings. The Morgan fingerprint density at radius 1 is 1.50 bits per heavy atom. The van der Waals surface area contributed by atoms with E-state index in [4.69, 9.17) is 18.9 Å². The van der Waals surface area contributed by atoms with Crippen molar-refractivity contribution >= 4 is 6.29 Å². The lowest BCUT2D eigenvalue weighted by Gasteiger charge is -2.35. The summed E-state index contributed by atoms with van der Waals surface area (Å²) in [6.45, 7) is 2.77. The van der Waals surface area contributed by atoms with Crippen LogP contribution in [-0.4, -0.2) is 52.0 Å². The molecule has 0 saturated carbocycles. The van der Waals surface area contributed by atoms with Crippen LogP contribution in [0.5, 0.6) is 0 Å². The van der Waals surface area contributed by atoms with E-state index < -0.39 is 0 Å². The van der Waals surface area contributed by atoms with Gasteiger partial charge in [-0.2, -0.15) is 0 Å². The van der Waals surface area contributed by atoms with Gasteiger partial charge in [-0.05, 0) is 6.92 Å². The van der Waals surface area contributed by atoms with Crippen molar-refractivity contribution in [3.05, 3.63) is 11.8 Å². The first-order chi connectivity index (χ1) is 7.78. The van der Waals surface area contributed by atoms with Crippen molar-refractivity contribution in [3.8, 4) is 0 Å². The zero-order valence-electron chi connectivity index (χ0n) is 9.84. The molecular weight excluding hydrogens is 212 g/mol. The molecule has 0 amide bonds. The quantitative estimate of drug-likeness (QED) is 0.623. The topological polar surface area (TPSA) is 54.0 Å². The van der Waals surface area contributed by atoms with E-state index in [1.165, 1.54) is 6.26 Å². The van der Waals surface area contributed by atoms with E-state index in [9.17, 15) is 4.79 Å². The number of methoxy groups -OCH3 is 2. The molecule has 5 nitrogen and oxygen atoms in total. The van der Waals surface area contributed by atoms with Crippen molar-refractivity contribution in [1.82, 2.24) is 0 Å². The maximum atomic E-state index is 10.9. The lowest BCUT2D eigenvalue weighted by atomic mass is 9.99. The van der Waals surface area contributed by atoms with Crippen molar-refractivity contribution < 1.29 is 23.7 Å². The van der Waals surface area contributed by atoms with Gasteiger partial charge >= 0.3 is 0 Å². The third-order valence-electron chi connectivity index (χ3n) is 2.46. The minimum atomic E-state index is -0.388. The summed E-state index contributed by atoms with van der Waals surface area (Å²) < 4.78 is 21.2. The number of aldehydes is 1. The molecule has 0 aliphatic carbocycles. The molecule has 0 spiro atoms. The second-order valence-corrected chi connectivity index (χ2v) is 3.44. The smallest absolute Gasteiger partial charge is 0.151 e. The molecule has 1 rings (SSSR count). The van der Waals surface area contributed by atoms with Gasteiger partial charge in [0.15, 0.2) is 6.29 Å². The molecule has 92 valence electrons. The molecule has 1 aliphatic heterocycles. The van der Waals surface area contributed by atoms with Crippen LogP contribution >= 0.6 is 0 Å². The number of carbonyl (C=O) groups excluding carboxylic acids is 1. The Labute approximate surface area is 95.3 Å². The van der Waals surface area contributed by atoms with Crippen LogP contribution in [-0.2, 0) is 23.7 Å². The molecule has 0 N–H and O–H groups in total. The van der Waals surface area contributed by atoms with Gasteiger partial charge in [-0.15, -0.1) is 0 Å². The Morgan fingerprint density at radius 2 is 2.25 bits per heavy atom. The summed E-state index contributed by atoms with van der Waals surface area (Å²) in [6, 6.07) is 0. The van der Waals surface area contributed by atoms with Gasteiger partial charge in [0.05, 0.1) is 18.4 Å². The van der Waals surface area contributed by atoms with Crippen LogP contribution in [0, 0.1) is 0 Å². The maximum Gasteiger partial charge on any atom is 0.151 e. The summed E-state index contributed by atoms with van der Waals surface area (Å²) in [5.74, 6) is 0. The predicted octanol–water partition coefficient (Wildman–Crippen LogP) is 0.534. The summed E-state index contributed by atoms with van der Waals surface area (Å²) in [4.78, 5) is 10.9. The summed E-state index contributed by atoms with van der Waals surface area (Å²) >= 11 is 0. The molecule has 0 fully saturated rings. The Kier molecular flexibility index (Phi) is 5.45. The number of carbonyl (C=O) groups is 1. The minimum Gasteiger partial charge on any atom is -0.492 e. The zero-order chi connectivity index (χ0) is 12.0. The van der Waals surface area contributed by atoms with E-state index >= 15 is 0 Å². The third-order valence-corrected chi connectivity index (χ3v) is 2.46. The van der Waals surface area contributed by atoms with Gasteiger partial charge in [-0.3, -0.25) is 4.79 Å². The zero-order valence-corrected chi connectivity index (χ0v) is 9.84. The van der Waals surface area contributed by atoms with Crippen molar-refractivity contribution in [2.45, 2.75) is 25.2 Å². The molecule has 0 bridgehead atoms. The van der Waals surface area contributed by atoms with E-state index in [1.54, 1.807) is 14.2 Å². The lowest BCUT2D eigenvalue weighted by molar-refractivity contribution is -0.131. The Bertz CT molecular complexity index is 251. The highest BCUT2D eigenvalue weighted by Crippen LogP contribution is 2.23. The SMILES string of the molecule is CCO[C@H]1C(C=O)=CO[C@H](COC)[C@@H]1OC. The highest BCUT2D eigenvalue weighted by Gasteiger charge is 2.37. The maximum absolute atomic E-state index is 10.9.